The van der Waals surface area contributed by atoms with E-state index in [1.807, 2.05) is 24.3 Å². The molecule has 0 saturated carbocycles. The Labute approximate surface area is 200 Å². The Morgan fingerprint density at radius 2 is 1.72 bits per heavy atom. The maximum absolute atomic E-state index is 12.3. The van der Waals surface area contributed by atoms with Gasteiger partial charge in [0.15, 0.2) is 5.11 Å². The zero-order valence-electron chi connectivity index (χ0n) is 19.0. The van der Waals surface area contributed by atoms with Crippen LogP contribution in [0.2, 0.25) is 0 Å². The average Bonchev–Trinajstić information content (AvgIpc) is 3.19. The molecule has 1 unspecified atom stereocenters. The van der Waals surface area contributed by atoms with Gasteiger partial charge in [-0.3, -0.25) is 0 Å². The van der Waals surface area contributed by atoms with Crippen molar-refractivity contribution in [3.8, 4) is 0 Å². The van der Waals surface area contributed by atoms with Crippen molar-refractivity contribution in [1.29, 1.82) is 0 Å². The maximum Gasteiger partial charge on any atom is 0.340 e. The first-order valence-corrected chi connectivity index (χ1v) is 12.1. The minimum absolute atomic E-state index is 0.0848. The summed E-state index contributed by atoms with van der Waals surface area (Å²) in [6, 6.07) is 20.8. The molecule has 32 heavy (non-hydrogen) atoms. The van der Waals surface area contributed by atoms with Gasteiger partial charge in [0.05, 0.1) is 18.7 Å². The van der Waals surface area contributed by atoms with E-state index in [2.05, 4.69) is 67.8 Å². The molecule has 6 heteroatoms. The Hall–Kier alpha value is -2.70. The van der Waals surface area contributed by atoms with Crippen LogP contribution in [-0.2, 0) is 11.2 Å². The summed E-state index contributed by atoms with van der Waals surface area (Å²) in [7, 11) is 1.39. The number of thiocarbonyl (C=S) groups is 1. The zero-order chi connectivity index (χ0) is 23.1. The summed E-state index contributed by atoms with van der Waals surface area (Å²) in [5, 5.41) is 7.82. The third-order valence-electron chi connectivity index (χ3n) is 5.36. The summed E-state index contributed by atoms with van der Waals surface area (Å²) >= 11 is 7.12. The van der Waals surface area contributed by atoms with Crippen LogP contribution in [0.15, 0.2) is 60.7 Å². The van der Waals surface area contributed by atoms with Crippen molar-refractivity contribution in [2.24, 2.45) is 0 Å². The van der Waals surface area contributed by atoms with Gasteiger partial charge in [0.2, 0.25) is 0 Å². The molecular weight excluding hydrogens is 436 g/mol. The van der Waals surface area contributed by atoms with Gasteiger partial charge in [-0.05, 0) is 47.3 Å². The molecule has 0 bridgehead atoms. The molecule has 2 aromatic carbocycles. The summed E-state index contributed by atoms with van der Waals surface area (Å²) < 4.78 is 4.99. The third kappa shape index (κ3) is 6.17. The fraction of sp³-hybridized carbons (Fsp3) is 0.308. The average molecular weight is 467 g/mol. The zero-order valence-corrected chi connectivity index (χ0v) is 20.6. The molecule has 1 heterocycles. The van der Waals surface area contributed by atoms with Crippen molar-refractivity contribution in [3.63, 3.8) is 0 Å². The molecule has 168 valence electrons. The maximum atomic E-state index is 12.3. The lowest BCUT2D eigenvalue weighted by Gasteiger charge is -2.20. The summed E-state index contributed by atoms with van der Waals surface area (Å²) in [5.41, 5.74) is 4.19. The van der Waals surface area contributed by atoms with Crippen molar-refractivity contribution < 1.29 is 9.53 Å². The molecule has 0 amide bonds. The van der Waals surface area contributed by atoms with Crippen LogP contribution in [0, 0.1) is 0 Å². The number of rotatable bonds is 8. The number of esters is 1. The normalized spacial score (nSPS) is 11.8. The number of carbonyl (C=O) groups excluding carboxylic acids is 1. The molecule has 0 saturated heterocycles. The minimum atomic E-state index is -0.373. The first-order valence-electron chi connectivity index (χ1n) is 10.8. The summed E-state index contributed by atoms with van der Waals surface area (Å²) in [6.07, 6.45) is 1.63. The number of hydrogen-bond donors (Lipinski definition) is 2. The lowest BCUT2D eigenvalue weighted by Crippen LogP contribution is -2.32. The van der Waals surface area contributed by atoms with E-state index < -0.39 is 0 Å². The lowest BCUT2D eigenvalue weighted by atomic mass is 9.98. The van der Waals surface area contributed by atoms with Gasteiger partial charge in [0.1, 0.15) is 5.00 Å². The highest BCUT2D eigenvalue weighted by Gasteiger charge is 2.19. The molecule has 1 aromatic heterocycles. The highest BCUT2D eigenvalue weighted by atomic mass is 32.1. The molecule has 0 aliphatic carbocycles. The number of hydrogen-bond acceptors (Lipinski definition) is 4. The van der Waals surface area contributed by atoms with Crippen molar-refractivity contribution in [1.82, 2.24) is 5.32 Å². The molecule has 0 fully saturated rings. The number of thiophene rings is 1. The monoisotopic (exact) mass is 466 g/mol. The molecular formula is C26H30N2O2S2. The van der Waals surface area contributed by atoms with Gasteiger partial charge in [-0.15, -0.1) is 11.3 Å². The van der Waals surface area contributed by atoms with Crippen molar-refractivity contribution in [2.75, 3.05) is 12.4 Å². The Bertz CT molecular complexity index is 1040. The van der Waals surface area contributed by atoms with Crippen LogP contribution in [0.3, 0.4) is 0 Å². The molecule has 2 N–H and O–H groups in total. The number of methoxy groups -OCH3 is 1. The van der Waals surface area contributed by atoms with Gasteiger partial charge in [-0.2, -0.15) is 0 Å². The van der Waals surface area contributed by atoms with Crippen LogP contribution in [0.4, 0.5) is 5.00 Å². The van der Waals surface area contributed by atoms with E-state index in [1.165, 1.54) is 35.1 Å². The number of ether oxygens (including phenoxy) is 1. The van der Waals surface area contributed by atoms with Crippen LogP contribution >= 0.6 is 23.6 Å². The second kappa shape index (κ2) is 11.2. The van der Waals surface area contributed by atoms with E-state index in [9.17, 15) is 4.79 Å². The highest BCUT2D eigenvalue weighted by molar-refractivity contribution is 7.80. The smallest absolute Gasteiger partial charge is 0.340 e. The fourth-order valence-corrected chi connectivity index (χ4v) is 4.90. The number of benzene rings is 2. The van der Waals surface area contributed by atoms with Crippen LogP contribution in [0.5, 0.6) is 0 Å². The SMILES string of the molecule is CCC(NC(=S)Nc1sc(Cc2ccccc2)cc1C(=O)OC)c1ccc(C(C)C)cc1. The molecule has 0 aliphatic rings. The third-order valence-corrected chi connectivity index (χ3v) is 6.63. The first-order chi connectivity index (χ1) is 15.4. The van der Waals surface area contributed by atoms with E-state index in [-0.39, 0.29) is 12.0 Å². The number of carbonyl (C=O) groups is 1. The molecule has 3 rings (SSSR count). The topological polar surface area (TPSA) is 50.4 Å². The van der Waals surface area contributed by atoms with Gasteiger partial charge in [-0.1, -0.05) is 75.4 Å². The minimum Gasteiger partial charge on any atom is -0.465 e. The van der Waals surface area contributed by atoms with Crippen LogP contribution in [0.25, 0.3) is 0 Å². The summed E-state index contributed by atoms with van der Waals surface area (Å²) in [4.78, 5) is 13.4. The molecule has 3 aromatic rings. The summed E-state index contributed by atoms with van der Waals surface area (Å²) in [6.45, 7) is 6.50. The van der Waals surface area contributed by atoms with Crippen molar-refractivity contribution in [2.45, 2.75) is 45.6 Å². The van der Waals surface area contributed by atoms with Crippen LogP contribution < -0.4 is 10.6 Å². The predicted octanol–water partition coefficient (Wildman–Crippen LogP) is 6.69. The van der Waals surface area contributed by atoms with Gasteiger partial charge in [0, 0.05) is 11.3 Å². The predicted molar refractivity (Wildman–Crippen MR) is 138 cm³/mol. The van der Waals surface area contributed by atoms with Gasteiger partial charge < -0.3 is 15.4 Å². The first kappa shape index (κ1) is 24.0. The standard InChI is InChI=1S/C26H30N2O2S2/c1-5-23(20-13-11-19(12-14-20)17(2)3)27-26(31)28-24-22(25(29)30-4)16-21(32-24)15-18-9-7-6-8-10-18/h6-14,16-17,23H,5,15H2,1-4H3,(H2,27,28,31). The molecule has 4 nitrogen and oxygen atoms in total. The van der Waals surface area contributed by atoms with E-state index in [1.54, 1.807) is 0 Å². The Balaban J connectivity index is 1.74. The Kier molecular flexibility index (Phi) is 8.42. The quantitative estimate of drug-likeness (QED) is 0.286. The summed E-state index contributed by atoms with van der Waals surface area (Å²) in [5.74, 6) is 0.127. The molecule has 1 atom stereocenters. The second-order valence-electron chi connectivity index (χ2n) is 7.99. The Morgan fingerprint density at radius 3 is 2.31 bits per heavy atom. The van der Waals surface area contributed by atoms with E-state index in [0.29, 0.717) is 21.6 Å². The molecule has 0 radical (unpaired) electrons. The molecule has 0 aliphatic heterocycles. The lowest BCUT2D eigenvalue weighted by molar-refractivity contribution is 0.0602. The Morgan fingerprint density at radius 1 is 1.06 bits per heavy atom. The van der Waals surface area contributed by atoms with Gasteiger partial charge in [-0.25, -0.2) is 4.79 Å². The van der Waals surface area contributed by atoms with E-state index in [4.69, 9.17) is 17.0 Å². The highest BCUT2D eigenvalue weighted by Crippen LogP contribution is 2.31. The van der Waals surface area contributed by atoms with Crippen LogP contribution in [0.1, 0.15) is 71.1 Å². The van der Waals surface area contributed by atoms with Crippen LogP contribution in [-0.4, -0.2) is 18.2 Å². The second-order valence-corrected chi connectivity index (χ2v) is 9.54. The van der Waals surface area contributed by atoms with E-state index in [0.717, 1.165) is 17.7 Å². The van der Waals surface area contributed by atoms with Gasteiger partial charge in [0.25, 0.3) is 0 Å². The van der Waals surface area contributed by atoms with Gasteiger partial charge >= 0.3 is 5.97 Å². The van der Waals surface area contributed by atoms with E-state index >= 15 is 0 Å². The number of anilines is 1. The fourth-order valence-electron chi connectivity index (χ4n) is 3.51. The number of nitrogens with one attached hydrogen (secondary N) is 2. The largest absolute Gasteiger partial charge is 0.465 e. The van der Waals surface area contributed by atoms with Crippen molar-refractivity contribution >= 4 is 39.6 Å². The molecule has 0 spiro atoms. The van der Waals surface area contributed by atoms with Crippen molar-refractivity contribution in [3.05, 3.63) is 87.8 Å².